The molecule has 3 heterocycles. The molecule has 0 aromatic carbocycles. The van der Waals surface area contributed by atoms with Gasteiger partial charge in [-0.05, 0) is 43.2 Å². The second kappa shape index (κ2) is 23.9. The molecule has 4 nitrogen and oxygen atoms in total. The highest BCUT2D eigenvalue weighted by atomic mass is 32.1. The van der Waals surface area contributed by atoms with Gasteiger partial charge < -0.3 is 9.42 Å². The Balaban J connectivity index is 0.000000396. The molecule has 5 heteroatoms. The molecular formula is C28H51N3OS. The Morgan fingerprint density at radius 2 is 1.09 bits per heavy atom. The fraction of sp³-hybridized carbons (Fsp3) is 0.786. The molecule has 2 aromatic rings. The van der Waals surface area contributed by atoms with E-state index in [1.54, 1.807) is 18.3 Å². The first-order chi connectivity index (χ1) is 16.3. The summed E-state index contributed by atoms with van der Waals surface area (Å²) in [6.07, 6.45) is 26.4. The number of hydrogen-bond acceptors (Lipinski definition) is 5. The SMILES string of the molecule is CCN1CCCCCCCCCCCCCCCCCCC1.Cc1ncno1.c1ccsc1. The molecule has 2 aromatic heterocycles. The molecule has 0 saturated carbocycles. The third kappa shape index (κ3) is 21.1. The summed E-state index contributed by atoms with van der Waals surface area (Å²) in [5, 5.41) is 7.42. The van der Waals surface area contributed by atoms with E-state index < -0.39 is 0 Å². The van der Waals surface area contributed by atoms with Crippen molar-refractivity contribution in [3.05, 3.63) is 35.1 Å². The number of nitrogens with zero attached hydrogens (tertiary/aromatic N) is 3. The van der Waals surface area contributed by atoms with Crippen molar-refractivity contribution in [2.75, 3.05) is 19.6 Å². The molecule has 0 unspecified atom stereocenters. The quantitative estimate of drug-likeness (QED) is 0.411. The van der Waals surface area contributed by atoms with E-state index in [1.807, 2.05) is 22.9 Å². The Kier molecular flexibility index (Phi) is 21.6. The summed E-state index contributed by atoms with van der Waals surface area (Å²) in [6.45, 7) is 8.01. The van der Waals surface area contributed by atoms with Gasteiger partial charge in [0.15, 0.2) is 6.33 Å². The Morgan fingerprint density at radius 3 is 1.30 bits per heavy atom. The van der Waals surface area contributed by atoms with E-state index in [0.717, 1.165) is 0 Å². The van der Waals surface area contributed by atoms with Gasteiger partial charge >= 0.3 is 0 Å². The van der Waals surface area contributed by atoms with Crippen LogP contribution in [0.5, 0.6) is 0 Å². The number of thiophene rings is 1. The minimum absolute atomic E-state index is 0.606. The minimum atomic E-state index is 0.606. The van der Waals surface area contributed by atoms with Crippen LogP contribution in [0.2, 0.25) is 0 Å². The number of rotatable bonds is 1. The fourth-order valence-electron chi connectivity index (χ4n) is 4.21. The molecule has 0 bridgehead atoms. The van der Waals surface area contributed by atoms with E-state index in [1.165, 1.54) is 135 Å². The molecule has 0 amide bonds. The Morgan fingerprint density at radius 1 is 0.697 bits per heavy atom. The minimum Gasteiger partial charge on any atom is -0.340 e. The van der Waals surface area contributed by atoms with Gasteiger partial charge in [0.25, 0.3) is 0 Å². The number of hydrogen-bond donors (Lipinski definition) is 0. The maximum Gasteiger partial charge on any atom is 0.223 e. The lowest BCUT2D eigenvalue weighted by molar-refractivity contribution is 0.273. The summed E-state index contributed by atoms with van der Waals surface area (Å²) in [7, 11) is 0. The third-order valence-electron chi connectivity index (χ3n) is 6.29. The van der Waals surface area contributed by atoms with Crippen molar-refractivity contribution >= 4 is 11.3 Å². The van der Waals surface area contributed by atoms with Crippen LogP contribution in [-0.4, -0.2) is 34.7 Å². The highest BCUT2D eigenvalue weighted by molar-refractivity contribution is 7.07. The van der Waals surface area contributed by atoms with Crippen LogP contribution in [0, 0.1) is 6.92 Å². The topological polar surface area (TPSA) is 42.2 Å². The van der Waals surface area contributed by atoms with Gasteiger partial charge in [0, 0.05) is 6.92 Å². The summed E-state index contributed by atoms with van der Waals surface area (Å²) in [6, 6.07) is 4.04. The van der Waals surface area contributed by atoms with Gasteiger partial charge in [0.05, 0.1) is 0 Å². The van der Waals surface area contributed by atoms with Crippen LogP contribution in [0.15, 0.2) is 33.7 Å². The van der Waals surface area contributed by atoms with Gasteiger partial charge in [-0.1, -0.05) is 121 Å². The largest absolute Gasteiger partial charge is 0.340 e. The van der Waals surface area contributed by atoms with Crippen LogP contribution < -0.4 is 0 Å². The molecule has 0 radical (unpaired) electrons. The summed E-state index contributed by atoms with van der Waals surface area (Å²) in [5.41, 5.74) is 0. The molecule has 1 fully saturated rings. The maximum atomic E-state index is 4.47. The van der Waals surface area contributed by atoms with E-state index in [-0.39, 0.29) is 0 Å². The molecule has 0 N–H and O–H groups in total. The van der Waals surface area contributed by atoms with Crippen LogP contribution in [0.3, 0.4) is 0 Å². The fourth-order valence-corrected chi connectivity index (χ4v) is 4.66. The number of aryl methyl sites for hydroxylation is 1. The predicted molar refractivity (Wildman–Crippen MR) is 144 cm³/mol. The van der Waals surface area contributed by atoms with E-state index >= 15 is 0 Å². The first-order valence-electron chi connectivity index (χ1n) is 13.8. The van der Waals surface area contributed by atoms with E-state index in [0.29, 0.717) is 5.89 Å². The average Bonchev–Trinajstić information content (AvgIpc) is 3.56. The lowest BCUT2D eigenvalue weighted by Crippen LogP contribution is -2.25. The molecule has 1 aliphatic rings. The number of aromatic nitrogens is 2. The summed E-state index contributed by atoms with van der Waals surface area (Å²) in [5.74, 6) is 0.606. The van der Waals surface area contributed by atoms with E-state index in [2.05, 4.69) is 26.5 Å². The van der Waals surface area contributed by atoms with E-state index in [9.17, 15) is 0 Å². The van der Waals surface area contributed by atoms with Gasteiger partial charge in [-0.2, -0.15) is 16.3 Å². The van der Waals surface area contributed by atoms with Crippen LogP contribution in [0.25, 0.3) is 0 Å². The molecular weight excluding hydrogens is 426 g/mol. The highest BCUT2D eigenvalue weighted by Gasteiger charge is 2.02. The second-order valence-electron chi connectivity index (χ2n) is 9.20. The summed E-state index contributed by atoms with van der Waals surface area (Å²) in [4.78, 5) is 6.32. The first-order valence-corrected chi connectivity index (χ1v) is 14.7. The third-order valence-corrected chi connectivity index (χ3v) is 6.92. The van der Waals surface area contributed by atoms with Crippen molar-refractivity contribution in [2.45, 2.75) is 123 Å². The van der Waals surface area contributed by atoms with Crippen molar-refractivity contribution in [2.24, 2.45) is 0 Å². The summed E-state index contributed by atoms with van der Waals surface area (Å²) < 4.78 is 4.47. The first kappa shape index (κ1) is 29.8. The van der Waals surface area contributed by atoms with Gasteiger partial charge in [-0.25, -0.2) is 0 Å². The molecule has 0 aliphatic carbocycles. The van der Waals surface area contributed by atoms with Crippen molar-refractivity contribution in [3.8, 4) is 0 Å². The summed E-state index contributed by atoms with van der Waals surface area (Å²) >= 11 is 1.71. The van der Waals surface area contributed by atoms with Gasteiger partial charge in [0.2, 0.25) is 5.89 Å². The van der Waals surface area contributed by atoms with E-state index in [4.69, 9.17) is 0 Å². The van der Waals surface area contributed by atoms with Gasteiger partial charge in [0.1, 0.15) is 0 Å². The standard InChI is InChI=1S/C21H43N.C4H4S.C3H4N2O/c1-2-22-20-18-16-14-12-10-8-6-4-3-5-7-9-11-13-15-17-19-21-22;1-2-4-5-3-1;1-3-4-2-5-6-3/h2-21H2,1H3;1-4H;2H,1H3. The normalized spacial score (nSPS) is 18.7. The highest BCUT2D eigenvalue weighted by Crippen LogP contribution is 2.15. The Bertz CT molecular complexity index is 537. The molecule has 33 heavy (non-hydrogen) atoms. The van der Waals surface area contributed by atoms with Crippen molar-refractivity contribution < 1.29 is 4.52 Å². The zero-order valence-corrected chi connectivity index (χ0v) is 22.5. The van der Waals surface area contributed by atoms with Crippen LogP contribution >= 0.6 is 11.3 Å². The molecule has 0 atom stereocenters. The zero-order chi connectivity index (χ0) is 23.7. The van der Waals surface area contributed by atoms with Crippen molar-refractivity contribution in [3.63, 3.8) is 0 Å². The Labute approximate surface area is 208 Å². The molecule has 190 valence electrons. The van der Waals surface area contributed by atoms with Gasteiger partial charge in [-0.3, -0.25) is 0 Å². The average molecular weight is 478 g/mol. The van der Waals surface area contributed by atoms with Crippen molar-refractivity contribution in [1.29, 1.82) is 0 Å². The monoisotopic (exact) mass is 477 g/mol. The lowest BCUT2D eigenvalue weighted by Gasteiger charge is -2.20. The molecule has 1 aliphatic heterocycles. The van der Waals surface area contributed by atoms with Crippen LogP contribution in [0.1, 0.15) is 122 Å². The van der Waals surface area contributed by atoms with Crippen LogP contribution in [0.4, 0.5) is 0 Å². The van der Waals surface area contributed by atoms with Gasteiger partial charge in [-0.15, -0.1) is 0 Å². The lowest BCUT2D eigenvalue weighted by atomic mass is 10.0. The predicted octanol–water partition coefficient (Wildman–Crippen LogP) is 9.08. The second-order valence-corrected chi connectivity index (χ2v) is 10.0. The Hall–Kier alpha value is -1.20. The molecule has 3 rings (SSSR count). The zero-order valence-electron chi connectivity index (χ0n) is 21.7. The van der Waals surface area contributed by atoms with Crippen LogP contribution in [-0.2, 0) is 0 Å². The molecule has 0 spiro atoms. The maximum absolute atomic E-state index is 4.47. The van der Waals surface area contributed by atoms with Crippen molar-refractivity contribution in [1.82, 2.24) is 15.0 Å². The molecule has 1 saturated heterocycles. The smallest absolute Gasteiger partial charge is 0.223 e.